The summed E-state index contributed by atoms with van der Waals surface area (Å²) in [5.41, 5.74) is 0.970. The first kappa shape index (κ1) is 27.8. The molecule has 0 bridgehead atoms. The zero-order chi connectivity index (χ0) is 27.2. The minimum absolute atomic E-state index is 0.0597. The van der Waals surface area contributed by atoms with E-state index in [4.69, 9.17) is 4.74 Å². The van der Waals surface area contributed by atoms with E-state index in [-0.39, 0.29) is 29.2 Å². The van der Waals surface area contributed by atoms with Crippen molar-refractivity contribution in [1.29, 1.82) is 0 Å². The van der Waals surface area contributed by atoms with E-state index in [0.717, 1.165) is 17.1 Å². The Morgan fingerprint density at radius 3 is 2.35 bits per heavy atom. The lowest BCUT2D eigenvalue weighted by molar-refractivity contribution is -0.143. The molecule has 0 aromatic heterocycles. The van der Waals surface area contributed by atoms with E-state index in [1.165, 1.54) is 19.2 Å². The SMILES string of the molecule is COC(=O)C(CCCCNS(=O)(=O)c1cccc2c(N(C)C)cccc12)NC(=O)c1ccc(O)c(O)c1. The Labute approximate surface area is 215 Å². The highest BCUT2D eigenvalue weighted by Crippen LogP contribution is 2.30. The van der Waals surface area contributed by atoms with Crippen molar-refractivity contribution in [2.75, 3.05) is 32.6 Å². The molecule has 0 aliphatic heterocycles. The second-order valence-electron chi connectivity index (χ2n) is 8.67. The monoisotopic (exact) mass is 529 g/mol. The van der Waals surface area contributed by atoms with Crippen LogP contribution in [-0.4, -0.2) is 64.3 Å². The molecule has 37 heavy (non-hydrogen) atoms. The Balaban J connectivity index is 1.60. The van der Waals surface area contributed by atoms with Gasteiger partial charge in [0.25, 0.3) is 5.91 Å². The third-order valence-electron chi connectivity index (χ3n) is 5.87. The molecule has 198 valence electrons. The van der Waals surface area contributed by atoms with E-state index in [2.05, 4.69) is 10.0 Å². The molecule has 0 heterocycles. The number of anilines is 1. The highest BCUT2D eigenvalue weighted by atomic mass is 32.2. The van der Waals surface area contributed by atoms with Gasteiger partial charge < -0.3 is 25.2 Å². The number of carbonyl (C=O) groups is 2. The Hall–Kier alpha value is -3.83. The Kier molecular flexibility index (Phi) is 8.95. The third kappa shape index (κ3) is 6.69. The topological polar surface area (TPSA) is 145 Å². The molecule has 3 aromatic rings. The zero-order valence-electron chi connectivity index (χ0n) is 20.9. The van der Waals surface area contributed by atoms with Gasteiger partial charge in [-0.2, -0.15) is 0 Å². The second-order valence-corrected chi connectivity index (χ2v) is 10.4. The maximum absolute atomic E-state index is 13.0. The number of sulfonamides is 1. The number of ether oxygens (including phenoxy) is 1. The van der Waals surface area contributed by atoms with Crippen LogP contribution in [0.15, 0.2) is 59.5 Å². The number of nitrogens with zero attached hydrogens (tertiary/aromatic N) is 1. The summed E-state index contributed by atoms with van der Waals surface area (Å²) in [6.45, 7) is 0.139. The third-order valence-corrected chi connectivity index (χ3v) is 7.39. The van der Waals surface area contributed by atoms with Gasteiger partial charge in [-0.25, -0.2) is 17.9 Å². The molecule has 1 atom stereocenters. The maximum atomic E-state index is 13.0. The van der Waals surface area contributed by atoms with E-state index >= 15 is 0 Å². The summed E-state index contributed by atoms with van der Waals surface area (Å²) in [6.07, 6.45) is 1.05. The maximum Gasteiger partial charge on any atom is 0.328 e. The van der Waals surface area contributed by atoms with Gasteiger partial charge in [0, 0.05) is 42.7 Å². The van der Waals surface area contributed by atoms with Crippen molar-refractivity contribution in [2.45, 2.75) is 30.2 Å². The molecular formula is C26H31N3O7S. The lowest BCUT2D eigenvalue weighted by Gasteiger charge is -2.17. The number of unbranched alkanes of at least 4 members (excludes halogenated alkanes) is 1. The van der Waals surface area contributed by atoms with E-state index in [9.17, 15) is 28.2 Å². The quantitative estimate of drug-likeness (QED) is 0.169. The Morgan fingerprint density at radius 2 is 1.68 bits per heavy atom. The fourth-order valence-corrected chi connectivity index (χ4v) is 5.24. The average Bonchev–Trinajstić information content (AvgIpc) is 2.87. The summed E-state index contributed by atoms with van der Waals surface area (Å²) in [6, 6.07) is 13.3. The van der Waals surface area contributed by atoms with Gasteiger partial charge in [0.05, 0.1) is 12.0 Å². The number of carbonyl (C=O) groups excluding carboxylic acids is 2. The average molecular weight is 530 g/mol. The number of nitrogens with one attached hydrogen (secondary N) is 2. The van der Waals surface area contributed by atoms with Crippen molar-refractivity contribution in [3.05, 3.63) is 60.2 Å². The van der Waals surface area contributed by atoms with Gasteiger partial charge in [-0.15, -0.1) is 0 Å². The van der Waals surface area contributed by atoms with Crippen LogP contribution in [0.3, 0.4) is 0 Å². The summed E-state index contributed by atoms with van der Waals surface area (Å²) in [5, 5.41) is 23.0. The Morgan fingerprint density at radius 1 is 0.973 bits per heavy atom. The lowest BCUT2D eigenvalue weighted by atomic mass is 10.1. The number of phenolic OH excluding ortho intramolecular Hbond substituents is 2. The van der Waals surface area contributed by atoms with Gasteiger partial charge in [-0.1, -0.05) is 24.3 Å². The number of esters is 1. The van der Waals surface area contributed by atoms with Crippen LogP contribution in [0.5, 0.6) is 11.5 Å². The molecule has 1 unspecified atom stereocenters. The first-order valence-corrected chi connectivity index (χ1v) is 13.1. The van der Waals surface area contributed by atoms with Crippen LogP contribution >= 0.6 is 0 Å². The van der Waals surface area contributed by atoms with Crippen LogP contribution in [0.4, 0.5) is 5.69 Å². The van der Waals surface area contributed by atoms with Gasteiger partial charge in [-0.3, -0.25) is 4.79 Å². The number of methoxy groups -OCH3 is 1. The first-order chi connectivity index (χ1) is 17.5. The molecule has 4 N–H and O–H groups in total. The summed E-state index contributed by atoms with van der Waals surface area (Å²) in [7, 11) is 1.21. The molecule has 0 aliphatic rings. The molecule has 0 aliphatic carbocycles. The summed E-state index contributed by atoms with van der Waals surface area (Å²) < 4.78 is 33.5. The van der Waals surface area contributed by atoms with Gasteiger partial charge in [-0.05, 0) is 49.6 Å². The molecule has 10 nitrogen and oxygen atoms in total. The number of aromatic hydroxyl groups is 2. The van der Waals surface area contributed by atoms with E-state index in [1.807, 2.05) is 37.2 Å². The predicted molar refractivity (Wildman–Crippen MR) is 140 cm³/mol. The van der Waals surface area contributed by atoms with Crippen molar-refractivity contribution in [2.24, 2.45) is 0 Å². The fraction of sp³-hybridized carbons (Fsp3) is 0.308. The van der Waals surface area contributed by atoms with Gasteiger partial charge >= 0.3 is 5.97 Å². The summed E-state index contributed by atoms with van der Waals surface area (Å²) in [5.74, 6) is -2.10. The molecule has 0 saturated carbocycles. The second kappa shape index (κ2) is 11.9. The highest BCUT2D eigenvalue weighted by molar-refractivity contribution is 7.89. The molecule has 1 amide bonds. The molecule has 3 aromatic carbocycles. The number of fused-ring (bicyclic) bond motifs is 1. The van der Waals surface area contributed by atoms with Crippen molar-refractivity contribution in [1.82, 2.24) is 10.0 Å². The molecular weight excluding hydrogens is 498 g/mol. The molecule has 0 fully saturated rings. The van der Waals surface area contributed by atoms with Crippen LogP contribution in [0.2, 0.25) is 0 Å². The van der Waals surface area contributed by atoms with Crippen molar-refractivity contribution >= 4 is 38.4 Å². The van der Waals surface area contributed by atoms with E-state index < -0.39 is 33.7 Å². The summed E-state index contributed by atoms with van der Waals surface area (Å²) in [4.78, 5) is 26.8. The molecule has 11 heteroatoms. The molecule has 3 rings (SSSR count). The normalized spacial score (nSPS) is 12.2. The number of amides is 1. The van der Waals surface area contributed by atoms with Crippen LogP contribution in [-0.2, 0) is 19.6 Å². The number of rotatable bonds is 11. The van der Waals surface area contributed by atoms with Crippen LogP contribution in [0, 0.1) is 0 Å². The smallest absolute Gasteiger partial charge is 0.328 e. The first-order valence-electron chi connectivity index (χ1n) is 11.6. The van der Waals surface area contributed by atoms with Crippen LogP contribution in [0.1, 0.15) is 29.6 Å². The van der Waals surface area contributed by atoms with Gasteiger partial charge in [0.15, 0.2) is 11.5 Å². The minimum Gasteiger partial charge on any atom is -0.504 e. The predicted octanol–water partition coefficient (Wildman–Crippen LogP) is 2.74. The largest absolute Gasteiger partial charge is 0.504 e. The lowest BCUT2D eigenvalue weighted by Crippen LogP contribution is -2.41. The van der Waals surface area contributed by atoms with E-state index in [0.29, 0.717) is 18.2 Å². The number of benzene rings is 3. The summed E-state index contributed by atoms with van der Waals surface area (Å²) >= 11 is 0. The molecule has 0 saturated heterocycles. The van der Waals surface area contributed by atoms with Crippen molar-refractivity contribution in [3.63, 3.8) is 0 Å². The van der Waals surface area contributed by atoms with E-state index in [1.54, 1.807) is 18.2 Å². The number of hydrogen-bond acceptors (Lipinski definition) is 8. The minimum atomic E-state index is -3.79. The number of hydrogen-bond donors (Lipinski definition) is 4. The van der Waals surface area contributed by atoms with Gasteiger partial charge in [0.1, 0.15) is 6.04 Å². The molecule has 0 radical (unpaired) electrons. The molecule has 0 spiro atoms. The van der Waals surface area contributed by atoms with Crippen molar-refractivity contribution < 1.29 is 33.0 Å². The fourth-order valence-electron chi connectivity index (χ4n) is 3.94. The standard InChI is InChI=1S/C26H31N3O7S/c1-29(2)21-11-6-9-19-18(21)8-7-12-24(19)37(34,35)27-15-5-4-10-20(26(33)36-3)28-25(32)17-13-14-22(30)23(31)16-17/h6-9,11-14,16,20,27,30-31H,4-5,10,15H2,1-3H3,(H,28,32). The number of phenols is 2. The van der Waals surface area contributed by atoms with Crippen LogP contribution in [0.25, 0.3) is 10.8 Å². The van der Waals surface area contributed by atoms with Crippen molar-refractivity contribution in [3.8, 4) is 11.5 Å². The zero-order valence-corrected chi connectivity index (χ0v) is 21.7. The highest BCUT2D eigenvalue weighted by Gasteiger charge is 2.23. The Bertz CT molecular complexity index is 1390. The van der Waals surface area contributed by atoms with Gasteiger partial charge in [0.2, 0.25) is 10.0 Å². The van der Waals surface area contributed by atoms with Crippen LogP contribution < -0.4 is 14.9 Å².